The summed E-state index contributed by atoms with van der Waals surface area (Å²) in [6.07, 6.45) is 2.94. The Hall–Kier alpha value is -0.790. The summed E-state index contributed by atoms with van der Waals surface area (Å²) in [6, 6.07) is 8.02. The van der Waals surface area contributed by atoms with Crippen molar-refractivity contribution in [1.82, 2.24) is 5.32 Å². The van der Waals surface area contributed by atoms with Crippen LogP contribution in [0.4, 0.5) is 0 Å². The molecule has 0 aliphatic carbocycles. The predicted octanol–water partition coefficient (Wildman–Crippen LogP) is 3.22. The van der Waals surface area contributed by atoms with Gasteiger partial charge in [0.15, 0.2) is 0 Å². The van der Waals surface area contributed by atoms with Crippen molar-refractivity contribution in [3.05, 3.63) is 47.5 Å². The van der Waals surface area contributed by atoms with Gasteiger partial charge in [0, 0.05) is 11.6 Å². The molecule has 0 heterocycles. The minimum Gasteiger partial charge on any atom is -0.319 e. The Morgan fingerprint density at radius 1 is 1.43 bits per heavy atom. The maximum atomic E-state index is 5.83. The second-order valence-electron chi connectivity index (χ2n) is 3.33. The highest BCUT2D eigenvalue weighted by Crippen LogP contribution is 2.21. The molecule has 0 aliphatic rings. The van der Waals surface area contributed by atoms with Crippen LogP contribution in [-0.2, 0) is 0 Å². The lowest BCUT2D eigenvalue weighted by molar-refractivity contribution is 0.636. The molecule has 0 aliphatic heterocycles. The molecule has 2 heteroatoms. The number of hydrogen-bond donors (Lipinski definition) is 1. The molecule has 0 aromatic heterocycles. The summed E-state index contributed by atoms with van der Waals surface area (Å²) in [7, 11) is 1.96. The molecule has 0 saturated heterocycles. The van der Waals surface area contributed by atoms with Gasteiger partial charge in [-0.3, -0.25) is 0 Å². The lowest BCUT2D eigenvalue weighted by Gasteiger charge is -2.14. The molecule has 0 saturated carbocycles. The number of allylic oxidation sites excluding steroid dienone is 1. The number of nitrogens with one attached hydrogen (secondary N) is 1. The molecule has 0 amide bonds. The van der Waals surface area contributed by atoms with Crippen LogP contribution in [0.3, 0.4) is 0 Å². The van der Waals surface area contributed by atoms with Crippen LogP contribution in [0.15, 0.2) is 36.9 Å². The van der Waals surface area contributed by atoms with Crippen molar-refractivity contribution in [1.29, 1.82) is 0 Å². The zero-order chi connectivity index (χ0) is 10.4. The predicted molar refractivity (Wildman–Crippen MR) is 62.9 cm³/mol. The number of hydrogen-bond acceptors (Lipinski definition) is 1. The summed E-state index contributed by atoms with van der Waals surface area (Å²) >= 11 is 5.83. The summed E-state index contributed by atoms with van der Waals surface area (Å²) in [5.41, 5.74) is 1.31. The molecular formula is C12H16ClN. The molecule has 0 spiro atoms. The molecule has 14 heavy (non-hydrogen) atoms. The number of halogens is 1. The van der Waals surface area contributed by atoms with Crippen molar-refractivity contribution in [2.24, 2.45) is 0 Å². The Morgan fingerprint density at radius 2 is 2.07 bits per heavy atom. The van der Waals surface area contributed by atoms with Gasteiger partial charge in [-0.05, 0) is 37.1 Å². The first-order chi connectivity index (χ1) is 6.77. The van der Waals surface area contributed by atoms with Crippen LogP contribution in [-0.4, -0.2) is 13.6 Å². The summed E-state index contributed by atoms with van der Waals surface area (Å²) in [4.78, 5) is 0. The lowest BCUT2D eigenvalue weighted by Crippen LogP contribution is -2.16. The first kappa shape index (κ1) is 11.3. The SMILES string of the molecule is C=CCC(CNC)c1ccc(Cl)cc1. The Morgan fingerprint density at radius 3 is 2.57 bits per heavy atom. The summed E-state index contributed by atoms with van der Waals surface area (Å²) < 4.78 is 0. The lowest BCUT2D eigenvalue weighted by atomic mass is 9.96. The van der Waals surface area contributed by atoms with E-state index < -0.39 is 0 Å². The molecule has 1 unspecified atom stereocenters. The van der Waals surface area contributed by atoms with Crippen molar-refractivity contribution in [3.63, 3.8) is 0 Å². The van der Waals surface area contributed by atoms with E-state index in [9.17, 15) is 0 Å². The molecular weight excluding hydrogens is 194 g/mol. The fourth-order valence-electron chi connectivity index (χ4n) is 1.52. The minimum absolute atomic E-state index is 0.495. The zero-order valence-electron chi connectivity index (χ0n) is 8.46. The first-order valence-corrected chi connectivity index (χ1v) is 5.16. The molecule has 0 fully saturated rings. The molecule has 1 nitrogen and oxygen atoms in total. The molecule has 1 rings (SSSR count). The molecule has 1 N–H and O–H groups in total. The molecule has 0 bridgehead atoms. The fourth-order valence-corrected chi connectivity index (χ4v) is 1.65. The number of rotatable bonds is 5. The molecule has 1 atom stereocenters. The van der Waals surface area contributed by atoms with E-state index in [0.717, 1.165) is 18.0 Å². The van der Waals surface area contributed by atoms with Gasteiger partial charge < -0.3 is 5.32 Å². The highest BCUT2D eigenvalue weighted by Gasteiger charge is 2.07. The number of benzene rings is 1. The van der Waals surface area contributed by atoms with Crippen LogP contribution in [0.2, 0.25) is 5.02 Å². The molecule has 76 valence electrons. The Kier molecular flexibility index (Phi) is 4.71. The van der Waals surface area contributed by atoms with E-state index in [2.05, 4.69) is 24.0 Å². The third kappa shape index (κ3) is 3.17. The van der Waals surface area contributed by atoms with E-state index in [1.54, 1.807) is 0 Å². The Labute approximate surface area is 90.8 Å². The second-order valence-corrected chi connectivity index (χ2v) is 3.77. The quantitative estimate of drug-likeness (QED) is 0.735. The van der Waals surface area contributed by atoms with E-state index >= 15 is 0 Å². The molecule has 0 radical (unpaired) electrons. The van der Waals surface area contributed by atoms with Gasteiger partial charge in [0.25, 0.3) is 0 Å². The van der Waals surface area contributed by atoms with Crippen LogP contribution < -0.4 is 5.32 Å². The molecule has 1 aromatic carbocycles. The fraction of sp³-hybridized carbons (Fsp3) is 0.333. The van der Waals surface area contributed by atoms with Gasteiger partial charge >= 0.3 is 0 Å². The van der Waals surface area contributed by atoms with Gasteiger partial charge in [0.1, 0.15) is 0 Å². The maximum Gasteiger partial charge on any atom is 0.0406 e. The van der Waals surface area contributed by atoms with E-state index in [1.807, 2.05) is 25.3 Å². The average Bonchev–Trinajstić information content (AvgIpc) is 2.19. The second kappa shape index (κ2) is 5.84. The van der Waals surface area contributed by atoms with Crippen LogP contribution in [0.1, 0.15) is 17.9 Å². The number of likely N-dealkylation sites (N-methyl/N-ethyl adjacent to an activating group) is 1. The summed E-state index contributed by atoms with van der Waals surface area (Å²) in [5, 5.41) is 3.97. The van der Waals surface area contributed by atoms with E-state index in [4.69, 9.17) is 11.6 Å². The normalized spacial score (nSPS) is 12.4. The van der Waals surface area contributed by atoms with Crippen molar-refractivity contribution < 1.29 is 0 Å². The van der Waals surface area contributed by atoms with Gasteiger partial charge in [0.2, 0.25) is 0 Å². The van der Waals surface area contributed by atoms with Gasteiger partial charge in [-0.1, -0.05) is 29.8 Å². The van der Waals surface area contributed by atoms with E-state index in [-0.39, 0.29) is 0 Å². The van der Waals surface area contributed by atoms with Crippen LogP contribution in [0, 0.1) is 0 Å². The first-order valence-electron chi connectivity index (χ1n) is 4.79. The van der Waals surface area contributed by atoms with Crippen LogP contribution in [0.5, 0.6) is 0 Å². The van der Waals surface area contributed by atoms with Gasteiger partial charge in [-0.25, -0.2) is 0 Å². The summed E-state index contributed by atoms with van der Waals surface area (Å²) in [6.45, 7) is 4.74. The van der Waals surface area contributed by atoms with Crippen molar-refractivity contribution in [2.75, 3.05) is 13.6 Å². The standard InChI is InChI=1S/C12H16ClN/c1-3-4-11(9-14-2)10-5-7-12(13)8-6-10/h3,5-8,11,14H,1,4,9H2,2H3. The van der Waals surface area contributed by atoms with Crippen molar-refractivity contribution >= 4 is 11.6 Å². The van der Waals surface area contributed by atoms with Gasteiger partial charge in [0.05, 0.1) is 0 Å². The van der Waals surface area contributed by atoms with Gasteiger partial charge in [-0.2, -0.15) is 0 Å². The molecule has 1 aromatic rings. The monoisotopic (exact) mass is 209 g/mol. The largest absolute Gasteiger partial charge is 0.319 e. The third-order valence-electron chi connectivity index (χ3n) is 2.24. The Balaban J connectivity index is 2.76. The average molecular weight is 210 g/mol. The topological polar surface area (TPSA) is 12.0 Å². The van der Waals surface area contributed by atoms with Crippen LogP contribution in [0.25, 0.3) is 0 Å². The van der Waals surface area contributed by atoms with E-state index in [1.165, 1.54) is 5.56 Å². The van der Waals surface area contributed by atoms with Crippen LogP contribution >= 0.6 is 11.6 Å². The summed E-state index contributed by atoms with van der Waals surface area (Å²) in [5.74, 6) is 0.495. The van der Waals surface area contributed by atoms with Crippen molar-refractivity contribution in [3.8, 4) is 0 Å². The Bertz CT molecular complexity index is 279. The third-order valence-corrected chi connectivity index (χ3v) is 2.50. The zero-order valence-corrected chi connectivity index (χ0v) is 9.22. The minimum atomic E-state index is 0.495. The van der Waals surface area contributed by atoms with E-state index in [0.29, 0.717) is 5.92 Å². The van der Waals surface area contributed by atoms with Gasteiger partial charge in [-0.15, -0.1) is 6.58 Å². The van der Waals surface area contributed by atoms with Crippen molar-refractivity contribution in [2.45, 2.75) is 12.3 Å². The highest BCUT2D eigenvalue weighted by molar-refractivity contribution is 6.30. The smallest absolute Gasteiger partial charge is 0.0406 e. The maximum absolute atomic E-state index is 5.83. The highest BCUT2D eigenvalue weighted by atomic mass is 35.5.